The molecule has 28 heavy (non-hydrogen) atoms. The van der Waals surface area contributed by atoms with Gasteiger partial charge in [0, 0.05) is 5.02 Å². The Morgan fingerprint density at radius 3 is 2.68 bits per heavy atom. The summed E-state index contributed by atoms with van der Waals surface area (Å²) in [5, 5.41) is 11.2. The van der Waals surface area contributed by atoms with Gasteiger partial charge < -0.3 is 4.74 Å². The minimum atomic E-state index is -3.82. The number of sulfonamides is 1. The minimum absolute atomic E-state index is 0.194. The largest absolute Gasteiger partial charge is 0.495 e. The van der Waals surface area contributed by atoms with Crippen molar-refractivity contribution in [2.45, 2.75) is 30.6 Å². The molecule has 154 valence electrons. The minimum Gasteiger partial charge on any atom is -0.495 e. The standard InChI is InChI=1S/C16H21ClN4O4S3/c1-5-11(14(22)18-15-19-20-16(27-15)26-6-2)21(28(4,23)24)12-9-10(17)7-8-13(12)25-3/h7-9,11H,5-6H2,1-4H3,(H,18,19,22). The molecule has 0 fully saturated rings. The molecule has 0 spiro atoms. The SMILES string of the molecule is CCSc1nnc(NC(=O)C(CC)N(c2cc(Cl)ccc2OC)S(C)(=O)=O)s1. The summed E-state index contributed by atoms with van der Waals surface area (Å²) in [5.74, 6) is 0.606. The second kappa shape index (κ2) is 9.77. The number of rotatable bonds is 9. The highest BCUT2D eigenvalue weighted by Gasteiger charge is 2.34. The molecule has 0 bridgehead atoms. The molecule has 0 radical (unpaired) electrons. The van der Waals surface area contributed by atoms with E-state index in [9.17, 15) is 13.2 Å². The number of carbonyl (C=O) groups is 1. The second-order valence-corrected chi connectivity index (χ2v) is 10.4. The maximum atomic E-state index is 12.9. The van der Waals surface area contributed by atoms with E-state index < -0.39 is 22.0 Å². The first-order valence-electron chi connectivity index (χ1n) is 8.31. The lowest BCUT2D eigenvalue weighted by Gasteiger charge is -2.30. The Kier molecular flexibility index (Phi) is 7.93. The van der Waals surface area contributed by atoms with Crippen LogP contribution in [0, 0.1) is 0 Å². The van der Waals surface area contributed by atoms with Gasteiger partial charge in [0.1, 0.15) is 11.8 Å². The molecular formula is C16H21ClN4O4S3. The van der Waals surface area contributed by atoms with Gasteiger partial charge >= 0.3 is 0 Å². The molecule has 1 N–H and O–H groups in total. The van der Waals surface area contributed by atoms with E-state index in [-0.39, 0.29) is 12.1 Å². The fourth-order valence-electron chi connectivity index (χ4n) is 2.50. The summed E-state index contributed by atoms with van der Waals surface area (Å²) in [7, 11) is -2.40. The van der Waals surface area contributed by atoms with Gasteiger partial charge in [-0.15, -0.1) is 10.2 Å². The van der Waals surface area contributed by atoms with Gasteiger partial charge in [0.2, 0.25) is 21.1 Å². The maximum absolute atomic E-state index is 12.9. The van der Waals surface area contributed by atoms with Crippen LogP contribution in [0.2, 0.25) is 5.02 Å². The summed E-state index contributed by atoms with van der Waals surface area (Å²) in [5.41, 5.74) is 0.194. The first-order chi connectivity index (χ1) is 13.2. The quantitative estimate of drug-likeness (QED) is 0.447. The molecule has 1 atom stereocenters. The van der Waals surface area contributed by atoms with Crippen LogP contribution in [0.15, 0.2) is 22.5 Å². The molecule has 1 heterocycles. The Hall–Kier alpha value is -1.56. The number of aromatic nitrogens is 2. The average molecular weight is 465 g/mol. The fraction of sp³-hybridized carbons (Fsp3) is 0.438. The number of amides is 1. The molecule has 0 aliphatic rings. The number of nitrogens with zero attached hydrogens (tertiary/aromatic N) is 3. The molecule has 1 aromatic heterocycles. The van der Waals surface area contributed by atoms with Gasteiger partial charge in [0.25, 0.3) is 0 Å². The summed E-state index contributed by atoms with van der Waals surface area (Å²) in [6, 6.07) is 3.57. The Morgan fingerprint density at radius 2 is 2.11 bits per heavy atom. The number of nitrogens with one attached hydrogen (secondary N) is 1. The summed E-state index contributed by atoms with van der Waals surface area (Å²) < 4.78 is 32.2. The lowest BCUT2D eigenvalue weighted by Crippen LogP contribution is -2.47. The van der Waals surface area contributed by atoms with E-state index in [1.54, 1.807) is 19.1 Å². The number of anilines is 2. The number of halogens is 1. The Bertz CT molecular complexity index is 936. The normalized spacial score (nSPS) is 12.5. The lowest BCUT2D eigenvalue weighted by atomic mass is 10.2. The molecule has 0 aliphatic heterocycles. The molecule has 0 saturated carbocycles. The zero-order valence-corrected chi connectivity index (χ0v) is 19.0. The van der Waals surface area contributed by atoms with Gasteiger partial charge in [-0.25, -0.2) is 8.42 Å². The van der Waals surface area contributed by atoms with Gasteiger partial charge in [0.15, 0.2) is 4.34 Å². The van der Waals surface area contributed by atoms with Crippen LogP contribution in [0.5, 0.6) is 5.75 Å². The summed E-state index contributed by atoms with van der Waals surface area (Å²) in [4.78, 5) is 12.9. The first-order valence-corrected chi connectivity index (χ1v) is 12.3. The Labute approximate surface area is 177 Å². The van der Waals surface area contributed by atoms with Gasteiger partial charge in [-0.05, 0) is 30.4 Å². The van der Waals surface area contributed by atoms with Crippen molar-refractivity contribution in [2.24, 2.45) is 0 Å². The van der Waals surface area contributed by atoms with Crippen molar-refractivity contribution in [1.82, 2.24) is 10.2 Å². The molecule has 2 aromatic rings. The van der Waals surface area contributed by atoms with Crippen LogP contribution in [-0.2, 0) is 14.8 Å². The van der Waals surface area contributed by atoms with E-state index in [2.05, 4.69) is 15.5 Å². The number of benzene rings is 1. The first kappa shape index (κ1) is 22.7. The smallest absolute Gasteiger partial charge is 0.250 e. The maximum Gasteiger partial charge on any atom is 0.250 e. The molecule has 1 unspecified atom stereocenters. The lowest BCUT2D eigenvalue weighted by molar-refractivity contribution is -0.117. The average Bonchev–Trinajstić information content (AvgIpc) is 3.05. The van der Waals surface area contributed by atoms with E-state index in [0.29, 0.717) is 15.9 Å². The van der Waals surface area contributed by atoms with Crippen molar-refractivity contribution in [1.29, 1.82) is 0 Å². The van der Waals surface area contributed by atoms with Gasteiger partial charge in [-0.2, -0.15) is 0 Å². The monoisotopic (exact) mass is 464 g/mol. The van der Waals surface area contributed by atoms with Crippen LogP contribution in [0.3, 0.4) is 0 Å². The number of hydrogen-bond donors (Lipinski definition) is 1. The number of methoxy groups -OCH3 is 1. The third kappa shape index (κ3) is 5.49. The topological polar surface area (TPSA) is 101 Å². The van der Waals surface area contributed by atoms with E-state index in [1.165, 1.54) is 36.3 Å². The van der Waals surface area contributed by atoms with Crippen LogP contribution in [0.1, 0.15) is 20.3 Å². The number of thioether (sulfide) groups is 1. The Balaban J connectivity index is 2.40. The molecule has 8 nitrogen and oxygen atoms in total. The van der Waals surface area contributed by atoms with Crippen LogP contribution in [0.25, 0.3) is 0 Å². The predicted molar refractivity (Wildman–Crippen MR) is 114 cm³/mol. The van der Waals surface area contributed by atoms with Crippen molar-refractivity contribution < 1.29 is 17.9 Å². The van der Waals surface area contributed by atoms with Gasteiger partial charge in [-0.3, -0.25) is 14.4 Å². The third-order valence-corrected chi connectivity index (χ3v) is 6.87. The fourth-order valence-corrected chi connectivity index (χ4v) is 5.53. The third-order valence-electron chi connectivity index (χ3n) is 3.61. The molecule has 0 aliphatic carbocycles. The molecular weight excluding hydrogens is 444 g/mol. The zero-order chi connectivity index (χ0) is 20.9. The van der Waals surface area contributed by atoms with Crippen LogP contribution in [0.4, 0.5) is 10.8 Å². The highest BCUT2D eigenvalue weighted by Crippen LogP contribution is 2.35. The zero-order valence-electron chi connectivity index (χ0n) is 15.8. The Morgan fingerprint density at radius 1 is 1.39 bits per heavy atom. The number of hydrogen-bond acceptors (Lipinski definition) is 8. The second-order valence-electron chi connectivity index (χ2n) is 5.59. The van der Waals surface area contributed by atoms with Crippen LogP contribution < -0.4 is 14.4 Å². The van der Waals surface area contributed by atoms with Gasteiger partial charge in [0.05, 0.1) is 19.1 Å². The van der Waals surface area contributed by atoms with E-state index in [1.807, 2.05) is 6.92 Å². The summed E-state index contributed by atoms with van der Waals surface area (Å²) in [6.45, 7) is 3.71. The summed E-state index contributed by atoms with van der Waals surface area (Å²) >= 11 is 8.80. The van der Waals surface area contributed by atoms with Crippen molar-refractivity contribution in [3.63, 3.8) is 0 Å². The highest BCUT2D eigenvalue weighted by atomic mass is 35.5. The molecule has 1 aromatic carbocycles. The van der Waals surface area contributed by atoms with E-state index in [4.69, 9.17) is 16.3 Å². The van der Waals surface area contributed by atoms with E-state index >= 15 is 0 Å². The predicted octanol–water partition coefficient (Wildman–Crippen LogP) is 3.50. The molecule has 12 heteroatoms. The summed E-state index contributed by atoms with van der Waals surface area (Å²) in [6.07, 6.45) is 1.26. The van der Waals surface area contributed by atoms with Crippen molar-refractivity contribution >= 4 is 61.4 Å². The van der Waals surface area contributed by atoms with Crippen molar-refractivity contribution in [3.8, 4) is 5.75 Å². The highest BCUT2D eigenvalue weighted by molar-refractivity contribution is 8.01. The molecule has 1 amide bonds. The number of carbonyl (C=O) groups excluding carboxylic acids is 1. The van der Waals surface area contributed by atoms with Crippen LogP contribution >= 0.6 is 34.7 Å². The molecule has 0 saturated heterocycles. The van der Waals surface area contributed by atoms with Crippen molar-refractivity contribution in [3.05, 3.63) is 23.2 Å². The van der Waals surface area contributed by atoms with E-state index in [0.717, 1.165) is 20.7 Å². The van der Waals surface area contributed by atoms with Crippen molar-refractivity contribution in [2.75, 3.05) is 28.7 Å². The van der Waals surface area contributed by atoms with Gasteiger partial charge in [-0.1, -0.05) is 48.5 Å². The number of ether oxygens (including phenoxy) is 1. The van der Waals surface area contributed by atoms with Crippen LogP contribution in [-0.4, -0.2) is 49.7 Å². The molecule has 2 rings (SSSR count).